The van der Waals surface area contributed by atoms with Gasteiger partial charge in [-0.15, -0.1) is 0 Å². The molecular formula is C7H11N3S2. The minimum Gasteiger partial charge on any atom is -0.297 e. The molecule has 0 heterocycles. The van der Waals surface area contributed by atoms with Crippen LogP contribution in [0.2, 0.25) is 0 Å². The van der Waals surface area contributed by atoms with Gasteiger partial charge in [0.25, 0.3) is 0 Å². The highest BCUT2D eigenvalue weighted by Gasteiger charge is 2.10. The van der Waals surface area contributed by atoms with Crippen molar-refractivity contribution in [3.8, 4) is 10.8 Å². The smallest absolute Gasteiger partial charge is 0.134 e. The first-order valence-electron chi connectivity index (χ1n) is 3.44. The monoisotopic (exact) mass is 201 g/mol. The molecule has 0 bridgehead atoms. The van der Waals surface area contributed by atoms with Gasteiger partial charge in [0.15, 0.2) is 0 Å². The predicted molar refractivity (Wildman–Crippen MR) is 53.4 cm³/mol. The summed E-state index contributed by atoms with van der Waals surface area (Å²) in [6.07, 6.45) is 0.865. The lowest BCUT2D eigenvalue weighted by molar-refractivity contribution is 0.378. The lowest BCUT2D eigenvalue weighted by Gasteiger charge is -2.19. The van der Waals surface area contributed by atoms with Gasteiger partial charge in [-0.1, -0.05) is 0 Å². The Bertz CT molecular complexity index is 192. The number of nitriles is 2. The van der Waals surface area contributed by atoms with Crippen LogP contribution in [0.3, 0.4) is 0 Å². The van der Waals surface area contributed by atoms with Gasteiger partial charge in [0.1, 0.15) is 10.8 Å². The molecule has 3 nitrogen and oxygen atoms in total. The van der Waals surface area contributed by atoms with E-state index >= 15 is 0 Å². The maximum atomic E-state index is 8.46. The van der Waals surface area contributed by atoms with Crippen LogP contribution in [-0.4, -0.2) is 30.1 Å². The Balaban J connectivity index is 3.67. The standard InChI is InChI=1S/C7H11N3S2/c1-10(2)7(12-6-9)3-4-11-5-8/h7H,3-4H2,1-2H3. The Labute approximate surface area is 81.7 Å². The highest BCUT2D eigenvalue weighted by atomic mass is 32.2. The van der Waals surface area contributed by atoms with E-state index < -0.39 is 0 Å². The molecule has 0 saturated heterocycles. The molecule has 0 amide bonds. The Kier molecular flexibility index (Phi) is 7.08. The second kappa shape index (κ2) is 7.30. The predicted octanol–water partition coefficient (Wildman–Crippen LogP) is 1.69. The number of nitrogens with zero attached hydrogens (tertiary/aromatic N) is 3. The van der Waals surface area contributed by atoms with E-state index in [1.807, 2.05) is 24.4 Å². The van der Waals surface area contributed by atoms with Gasteiger partial charge in [-0.05, 0) is 44.0 Å². The summed E-state index contributed by atoms with van der Waals surface area (Å²) in [7, 11) is 3.87. The lowest BCUT2D eigenvalue weighted by Crippen LogP contribution is -2.24. The van der Waals surface area contributed by atoms with Crippen LogP contribution in [0, 0.1) is 21.3 Å². The summed E-state index contributed by atoms with van der Waals surface area (Å²) in [6, 6.07) is 0. The summed E-state index contributed by atoms with van der Waals surface area (Å²) in [5, 5.41) is 21.0. The van der Waals surface area contributed by atoms with Crippen molar-refractivity contribution in [2.24, 2.45) is 0 Å². The molecular weight excluding hydrogens is 190 g/mol. The molecule has 0 saturated carbocycles. The lowest BCUT2D eigenvalue weighted by atomic mass is 10.4. The fourth-order valence-electron chi connectivity index (χ4n) is 0.689. The molecule has 0 aliphatic rings. The quantitative estimate of drug-likeness (QED) is 0.385. The Morgan fingerprint density at radius 1 is 1.33 bits per heavy atom. The number of rotatable bonds is 5. The largest absolute Gasteiger partial charge is 0.297 e. The molecule has 66 valence electrons. The topological polar surface area (TPSA) is 50.8 Å². The van der Waals surface area contributed by atoms with E-state index in [0.29, 0.717) is 0 Å². The van der Waals surface area contributed by atoms with E-state index in [0.717, 1.165) is 12.2 Å². The Morgan fingerprint density at radius 3 is 2.42 bits per heavy atom. The molecule has 0 N–H and O–H groups in total. The average molecular weight is 201 g/mol. The van der Waals surface area contributed by atoms with Gasteiger partial charge >= 0.3 is 0 Å². The SMILES string of the molecule is CN(C)C(CCSC#N)SC#N. The first kappa shape index (κ1) is 11.6. The highest BCUT2D eigenvalue weighted by molar-refractivity contribution is 8.04. The number of hydrogen-bond acceptors (Lipinski definition) is 5. The molecule has 0 aromatic heterocycles. The first-order chi connectivity index (χ1) is 5.72. The minimum atomic E-state index is 0.204. The van der Waals surface area contributed by atoms with Crippen molar-refractivity contribution < 1.29 is 0 Å². The van der Waals surface area contributed by atoms with Gasteiger partial charge in [0, 0.05) is 5.75 Å². The van der Waals surface area contributed by atoms with E-state index in [1.165, 1.54) is 23.5 Å². The summed E-state index contributed by atoms with van der Waals surface area (Å²) in [6.45, 7) is 0. The third-order valence-electron chi connectivity index (χ3n) is 1.30. The summed E-state index contributed by atoms with van der Waals surface area (Å²) in [5.41, 5.74) is 0. The molecule has 1 atom stereocenters. The van der Waals surface area contributed by atoms with Gasteiger partial charge in [-0.3, -0.25) is 4.90 Å². The van der Waals surface area contributed by atoms with Crippen molar-refractivity contribution in [3.63, 3.8) is 0 Å². The Hall–Kier alpha value is -0.360. The molecule has 0 aromatic rings. The molecule has 0 aliphatic heterocycles. The normalized spacial score (nSPS) is 12.1. The van der Waals surface area contributed by atoms with Crippen molar-refractivity contribution in [2.45, 2.75) is 11.8 Å². The van der Waals surface area contributed by atoms with Crippen molar-refractivity contribution in [1.82, 2.24) is 4.90 Å². The highest BCUT2D eigenvalue weighted by Crippen LogP contribution is 2.17. The zero-order chi connectivity index (χ0) is 9.40. The van der Waals surface area contributed by atoms with Gasteiger partial charge < -0.3 is 0 Å². The third kappa shape index (κ3) is 5.31. The molecule has 0 rings (SSSR count). The second-order valence-corrected chi connectivity index (χ2v) is 4.20. The number of hydrogen-bond donors (Lipinski definition) is 0. The molecule has 0 fully saturated rings. The van der Waals surface area contributed by atoms with Gasteiger partial charge in [-0.25, -0.2) is 0 Å². The molecule has 1 unspecified atom stereocenters. The number of thiocyanates is 2. The van der Waals surface area contributed by atoms with Crippen LogP contribution in [0.25, 0.3) is 0 Å². The number of thioether (sulfide) groups is 2. The maximum Gasteiger partial charge on any atom is 0.134 e. The molecule has 5 heteroatoms. The van der Waals surface area contributed by atoms with Crippen molar-refractivity contribution in [2.75, 3.05) is 19.8 Å². The molecule has 0 spiro atoms. The first-order valence-corrected chi connectivity index (χ1v) is 5.31. The zero-order valence-corrected chi connectivity index (χ0v) is 8.78. The van der Waals surface area contributed by atoms with E-state index in [9.17, 15) is 0 Å². The van der Waals surface area contributed by atoms with Crippen LogP contribution in [0.1, 0.15) is 6.42 Å². The van der Waals surface area contributed by atoms with Crippen molar-refractivity contribution in [1.29, 1.82) is 10.5 Å². The Morgan fingerprint density at radius 2 is 2.00 bits per heavy atom. The average Bonchev–Trinajstić information content (AvgIpc) is 2.03. The summed E-state index contributed by atoms with van der Waals surface area (Å²) in [5.74, 6) is 0.786. The fourth-order valence-corrected chi connectivity index (χ4v) is 1.84. The van der Waals surface area contributed by atoms with Gasteiger partial charge in [0.2, 0.25) is 0 Å². The van der Waals surface area contributed by atoms with E-state index in [1.54, 1.807) is 0 Å². The summed E-state index contributed by atoms with van der Waals surface area (Å²) in [4.78, 5) is 1.99. The van der Waals surface area contributed by atoms with Crippen LogP contribution in [0.5, 0.6) is 0 Å². The van der Waals surface area contributed by atoms with Crippen molar-refractivity contribution >= 4 is 23.5 Å². The van der Waals surface area contributed by atoms with Crippen LogP contribution in [-0.2, 0) is 0 Å². The molecule has 0 aromatic carbocycles. The zero-order valence-electron chi connectivity index (χ0n) is 7.15. The summed E-state index contributed by atoms with van der Waals surface area (Å²) < 4.78 is 0. The van der Waals surface area contributed by atoms with Crippen LogP contribution in [0.15, 0.2) is 0 Å². The third-order valence-corrected chi connectivity index (χ3v) is 2.90. The van der Waals surface area contributed by atoms with Crippen molar-refractivity contribution in [3.05, 3.63) is 0 Å². The second-order valence-electron chi connectivity index (χ2n) is 2.36. The molecule has 0 radical (unpaired) electrons. The molecule has 0 aliphatic carbocycles. The fraction of sp³-hybridized carbons (Fsp3) is 0.714. The van der Waals surface area contributed by atoms with E-state index in [4.69, 9.17) is 10.5 Å². The van der Waals surface area contributed by atoms with Crippen LogP contribution >= 0.6 is 23.5 Å². The van der Waals surface area contributed by atoms with Gasteiger partial charge in [0.05, 0.1) is 5.37 Å². The summed E-state index contributed by atoms with van der Waals surface area (Å²) >= 11 is 2.48. The molecule has 12 heavy (non-hydrogen) atoms. The maximum absolute atomic E-state index is 8.46. The minimum absolute atomic E-state index is 0.204. The van der Waals surface area contributed by atoms with E-state index in [2.05, 4.69) is 5.40 Å². The van der Waals surface area contributed by atoms with Crippen LogP contribution < -0.4 is 0 Å². The van der Waals surface area contributed by atoms with Gasteiger partial charge in [-0.2, -0.15) is 10.5 Å². The van der Waals surface area contributed by atoms with E-state index in [-0.39, 0.29) is 5.37 Å². The van der Waals surface area contributed by atoms with Crippen LogP contribution in [0.4, 0.5) is 0 Å².